The molecule has 2 aliphatic rings. The van der Waals surface area contributed by atoms with Crippen molar-refractivity contribution >= 4 is 28.8 Å². The van der Waals surface area contributed by atoms with Gasteiger partial charge in [-0.1, -0.05) is 11.6 Å². The number of hydrogen-bond acceptors (Lipinski definition) is 7. The molecule has 3 heterocycles. The highest BCUT2D eigenvalue weighted by molar-refractivity contribution is 6.32. The van der Waals surface area contributed by atoms with Crippen molar-refractivity contribution in [3.05, 3.63) is 64.2 Å². The monoisotopic (exact) mass is 470 g/mol. The summed E-state index contributed by atoms with van der Waals surface area (Å²) in [6.07, 6.45) is 5.27. The van der Waals surface area contributed by atoms with Crippen molar-refractivity contribution in [2.75, 3.05) is 36.5 Å². The van der Waals surface area contributed by atoms with Crippen LogP contribution < -0.4 is 15.8 Å². The van der Waals surface area contributed by atoms with Gasteiger partial charge in [-0.25, -0.2) is 9.97 Å². The molecule has 0 unspecified atom stereocenters. The second kappa shape index (κ2) is 9.07. The molecule has 3 aromatic rings. The van der Waals surface area contributed by atoms with E-state index < -0.39 is 11.5 Å². The number of nitrogens with one attached hydrogen (secondary N) is 1. The van der Waals surface area contributed by atoms with E-state index in [9.17, 15) is 9.18 Å². The van der Waals surface area contributed by atoms with Crippen LogP contribution in [0.3, 0.4) is 0 Å². The Morgan fingerprint density at radius 1 is 1.21 bits per heavy atom. The molecule has 0 amide bonds. The molecule has 1 aliphatic heterocycles. The van der Waals surface area contributed by atoms with Crippen LogP contribution in [0, 0.1) is 23.7 Å². The van der Waals surface area contributed by atoms with Gasteiger partial charge in [-0.15, -0.1) is 0 Å². The van der Waals surface area contributed by atoms with Gasteiger partial charge in [-0.2, -0.15) is 14.2 Å². The largest absolute Gasteiger partial charge is 0.382 e. The van der Waals surface area contributed by atoms with Gasteiger partial charge in [0.1, 0.15) is 5.02 Å². The zero-order chi connectivity index (χ0) is 22.9. The second-order valence-electron chi connectivity index (χ2n) is 8.39. The van der Waals surface area contributed by atoms with E-state index in [1.165, 1.54) is 17.3 Å². The van der Waals surface area contributed by atoms with E-state index >= 15 is 0 Å². The van der Waals surface area contributed by atoms with Gasteiger partial charge in [0.15, 0.2) is 5.82 Å². The smallest absolute Gasteiger partial charge is 0.292 e. The standard InChI is InChI=1S/C23H24ClFN6O2/c1-2-30(21-11-27-20(25)10-28-21)16-3-5-17(6-4-16)31-23(32)22(24)19(9-29-31)26-8-15-13-33-12-14-7-18(14)15/h3-6,9-11,14-15,18,26H,2,7-8,12-13H2,1H3/t14-,15+,18-/m0/s1. The Kier molecular flexibility index (Phi) is 5.99. The Hall–Kier alpha value is -3.04. The Labute approximate surface area is 195 Å². The first-order chi connectivity index (χ1) is 16.0. The molecule has 1 saturated heterocycles. The molecule has 5 rings (SSSR count). The summed E-state index contributed by atoms with van der Waals surface area (Å²) in [7, 11) is 0. The van der Waals surface area contributed by atoms with Crippen molar-refractivity contribution in [1.82, 2.24) is 19.7 Å². The molecule has 0 radical (unpaired) electrons. The zero-order valence-electron chi connectivity index (χ0n) is 18.1. The molecular formula is C23H24ClFN6O2. The lowest BCUT2D eigenvalue weighted by molar-refractivity contribution is 0.0517. The molecule has 1 N–H and O–H groups in total. The molecular weight excluding hydrogens is 447 g/mol. The molecule has 172 valence electrons. The van der Waals surface area contributed by atoms with Gasteiger partial charge in [0, 0.05) is 31.3 Å². The van der Waals surface area contributed by atoms with Gasteiger partial charge in [0.05, 0.1) is 36.6 Å². The fourth-order valence-corrected chi connectivity index (χ4v) is 4.62. The Bertz CT molecular complexity index is 1190. The van der Waals surface area contributed by atoms with Crippen LogP contribution >= 0.6 is 11.6 Å². The number of rotatable bonds is 7. The van der Waals surface area contributed by atoms with Gasteiger partial charge in [-0.05, 0) is 49.4 Å². The summed E-state index contributed by atoms with van der Waals surface area (Å²) in [6.45, 7) is 4.88. The van der Waals surface area contributed by atoms with E-state index in [2.05, 4.69) is 20.4 Å². The van der Waals surface area contributed by atoms with Crippen LogP contribution in [0.15, 0.2) is 47.7 Å². The number of aromatic nitrogens is 4. The van der Waals surface area contributed by atoms with Crippen LogP contribution in [0.2, 0.25) is 5.02 Å². The van der Waals surface area contributed by atoms with Crippen molar-refractivity contribution in [2.24, 2.45) is 17.8 Å². The highest BCUT2D eigenvalue weighted by Gasteiger charge is 2.45. The summed E-state index contributed by atoms with van der Waals surface area (Å²) in [5.74, 6) is 1.73. The summed E-state index contributed by atoms with van der Waals surface area (Å²) in [4.78, 5) is 22.5. The molecule has 10 heteroatoms. The van der Waals surface area contributed by atoms with Crippen LogP contribution in [0.25, 0.3) is 5.69 Å². The van der Waals surface area contributed by atoms with Gasteiger partial charge in [0.2, 0.25) is 5.95 Å². The lowest BCUT2D eigenvalue weighted by atomic mass is 10.0. The van der Waals surface area contributed by atoms with Gasteiger partial charge >= 0.3 is 0 Å². The Morgan fingerprint density at radius 2 is 2.03 bits per heavy atom. The van der Waals surface area contributed by atoms with Crippen molar-refractivity contribution in [3.8, 4) is 5.69 Å². The molecule has 33 heavy (non-hydrogen) atoms. The Balaban J connectivity index is 1.32. The van der Waals surface area contributed by atoms with E-state index in [0.29, 0.717) is 48.0 Å². The van der Waals surface area contributed by atoms with E-state index in [-0.39, 0.29) is 5.02 Å². The van der Waals surface area contributed by atoms with Crippen molar-refractivity contribution in [3.63, 3.8) is 0 Å². The lowest BCUT2D eigenvalue weighted by Gasteiger charge is -2.23. The molecule has 2 aromatic heterocycles. The van der Waals surface area contributed by atoms with Crippen LogP contribution in [0.4, 0.5) is 21.6 Å². The number of benzene rings is 1. The number of fused-ring (bicyclic) bond motifs is 1. The first-order valence-electron chi connectivity index (χ1n) is 11.0. The maximum atomic E-state index is 13.1. The number of nitrogens with zero attached hydrogens (tertiary/aromatic N) is 5. The highest BCUT2D eigenvalue weighted by atomic mass is 35.5. The summed E-state index contributed by atoms with van der Waals surface area (Å²) in [6, 6.07) is 7.24. The Morgan fingerprint density at radius 3 is 2.76 bits per heavy atom. The number of anilines is 3. The van der Waals surface area contributed by atoms with Gasteiger partial charge in [-0.3, -0.25) is 4.79 Å². The van der Waals surface area contributed by atoms with Crippen molar-refractivity contribution < 1.29 is 9.13 Å². The predicted octanol–water partition coefficient (Wildman–Crippen LogP) is 3.67. The fourth-order valence-electron chi connectivity index (χ4n) is 4.42. The minimum Gasteiger partial charge on any atom is -0.382 e. The van der Waals surface area contributed by atoms with Gasteiger partial charge in [0.25, 0.3) is 5.56 Å². The van der Waals surface area contributed by atoms with E-state index in [1.807, 2.05) is 24.0 Å². The average molecular weight is 471 g/mol. The summed E-state index contributed by atoms with van der Waals surface area (Å²) in [5, 5.41) is 7.70. The SMILES string of the molecule is CCN(c1ccc(-n2ncc(NC[C@@H]3COC[C@@H]4C[C@H]34)c(Cl)c2=O)cc1)c1cnc(F)cn1. The molecule has 0 bridgehead atoms. The first kappa shape index (κ1) is 21.8. The van der Waals surface area contributed by atoms with Crippen LogP contribution in [0.1, 0.15) is 13.3 Å². The summed E-state index contributed by atoms with van der Waals surface area (Å²) >= 11 is 6.39. The van der Waals surface area contributed by atoms with Crippen LogP contribution in [0.5, 0.6) is 0 Å². The third-order valence-corrected chi connectivity index (χ3v) is 6.69. The third-order valence-electron chi connectivity index (χ3n) is 6.33. The fraction of sp³-hybridized carbons (Fsp3) is 0.391. The lowest BCUT2D eigenvalue weighted by Crippen LogP contribution is -2.28. The molecule has 0 spiro atoms. The number of halogens is 2. The highest BCUT2D eigenvalue weighted by Crippen LogP contribution is 2.47. The predicted molar refractivity (Wildman–Crippen MR) is 124 cm³/mol. The minimum atomic E-state index is -0.630. The van der Waals surface area contributed by atoms with E-state index in [4.69, 9.17) is 16.3 Å². The molecule has 1 aliphatic carbocycles. The zero-order valence-corrected chi connectivity index (χ0v) is 18.9. The third kappa shape index (κ3) is 4.43. The topological polar surface area (TPSA) is 85.2 Å². The van der Waals surface area contributed by atoms with Gasteiger partial charge < -0.3 is 15.0 Å². The van der Waals surface area contributed by atoms with Crippen molar-refractivity contribution in [2.45, 2.75) is 13.3 Å². The summed E-state index contributed by atoms with van der Waals surface area (Å²) in [5.41, 5.74) is 1.55. The maximum Gasteiger partial charge on any atom is 0.292 e. The second-order valence-corrected chi connectivity index (χ2v) is 8.76. The normalized spacial score (nSPS) is 21.4. The van der Waals surface area contributed by atoms with Crippen LogP contribution in [-0.4, -0.2) is 46.1 Å². The first-order valence-corrected chi connectivity index (χ1v) is 11.4. The number of hydrogen-bond donors (Lipinski definition) is 1. The quantitative estimate of drug-likeness (QED) is 0.564. The van der Waals surface area contributed by atoms with Crippen LogP contribution in [-0.2, 0) is 4.74 Å². The molecule has 1 aromatic carbocycles. The minimum absolute atomic E-state index is 0.106. The van der Waals surface area contributed by atoms with E-state index in [1.54, 1.807) is 18.3 Å². The average Bonchev–Trinajstić information content (AvgIpc) is 3.63. The maximum absolute atomic E-state index is 13.1. The van der Waals surface area contributed by atoms with E-state index in [0.717, 1.165) is 25.1 Å². The summed E-state index contributed by atoms with van der Waals surface area (Å²) < 4.78 is 20.0. The van der Waals surface area contributed by atoms with Crippen molar-refractivity contribution in [1.29, 1.82) is 0 Å². The molecule has 2 fully saturated rings. The molecule has 8 nitrogen and oxygen atoms in total. The molecule has 3 atom stereocenters. The molecule has 1 saturated carbocycles. The number of ether oxygens (including phenoxy) is 1.